The van der Waals surface area contributed by atoms with Crippen LogP contribution in [0.25, 0.3) is 11.3 Å². The van der Waals surface area contributed by atoms with Crippen molar-refractivity contribution < 1.29 is 22.7 Å². The molecule has 0 amide bonds. The SMILES string of the molecule is CCOC(=O)c1c(-c2ccccc2C(F)(F)F)nc(=O)[nH]c1C. The minimum atomic E-state index is -4.65. The molecule has 2 rings (SSSR count). The fourth-order valence-electron chi connectivity index (χ4n) is 2.17. The van der Waals surface area contributed by atoms with Crippen LogP contribution in [0, 0.1) is 6.92 Å². The quantitative estimate of drug-likeness (QED) is 0.880. The van der Waals surface area contributed by atoms with E-state index in [1.54, 1.807) is 6.92 Å². The fraction of sp³-hybridized carbons (Fsp3) is 0.267. The lowest BCUT2D eigenvalue weighted by Crippen LogP contribution is -2.21. The van der Waals surface area contributed by atoms with E-state index in [2.05, 4.69) is 9.97 Å². The van der Waals surface area contributed by atoms with Gasteiger partial charge in [0.05, 0.1) is 17.9 Å². The van der Waals surface area contributed by atoms with Crippen LogP contribution in [0.3, 0.4) is 0 Å². The topological polar surface area (TPSA) is 72.0 Å². The van der Waals surface area contributed by atoms with Gasteiger partial charge in [-0.2, -0.15) is 18.2 Å². The van der Waals surface area contributed by atoms with Crippen LogP contribution >= 0.6 is 0 Å². The van der Waals surface area contributed by atoms with Gasteiger partial charge < -0.3 is 9.72 Å². The summed E-state index contributed by atoms with van der Waals surface area (Å²) in [5.74, 6) is -0.847. The molecule has 0 saturated heterocycles. The first-order valence-electron chi connectivity index (χ1n) is 6.70. The van der Waals surface area contributed by atoms with Gasteiger partial charge in [0.2, 0.25) is 0 Å². The van der Waals surface area contributed by atoms with Crippen molar-refractivity contribution >= 4 is 5.97 Å². The van der Waals surface area contributed by atoms with E-state index in [9.17, 15) is 22.8 Å². The molecule has 23 heavy (non-hydrogen) atoms. The predicted octanol–water partition coefficient (Wildman–Crippen LogP) is 2.94. The van der Waals surface area contributed by atoms with E-state index in [1.165, 1.54) is 19.1 Å². The maximum absolute atomic E-state index is 13.2. The molecule has 0 unspecified atom stereocenters. The Morgan fingerprint density at radius 3 is 2.57 bits per heavy atom. The fourth-order valence-corrected chi connectivity index (χ4v) is 2.17. The number of hydrogen-bond donors (Lipinski definition) is 1. The molecule has 1 aromatic carbocycles. The van der Waals surface area contributed by atoms with Crippen LogP contribution in [-0.2, 0) is 10.9 Å². The molecule has 1 N–H and O–H groups in total. The molecule has 0 aliphatic rings. The number of rotatable bonds is 3. The number of aromatic nitrogens is 2. The Kier molecular flexibility index (Phi) is 4.53. The Morgan fingerprint density at radius 1 is 1.30 bits per heavy atom. The van der Waals surface area contributed by atoms with Crippen LogP contribution in [0.5, 0.6) is 0 Å². The van der Waals surface area contributed by atoms with E-state index in [4.69, 9.17) is 4.74 Å². The van der Waals surface area contributed by atoms with Crippen molar-refractivity contribution in [3.63, 3.8) is 0 Å². The van der Waals surface area contributed by atoms with Crippen molar-refractivity contribution in [2.45, 2.75) is 20.0 Å². The number of hydrogen-bond acceptors (Lipinski definition) is 4. The molecule has 1 aromatic heterocycles. The molecule has 0 atom stereocenters. The third-order valence-corrected chi connectivity index (χ3v) is 3.09. The number of carbonyl (C=O) groups excluding carboxylic acids is 1. The largest absolute Gasteiger partial charge is 0.462 e. The molecule has 0 aliphatic carbocycles. The van der Waals surface area contributed by atoms with Gasteiger partial charge in [0.25, 0.3) is 0 Å². The van der Waals surface area contributed by atoms with Crippen molar-refractivity contribution in [3.05, 3.63) is 51.6 Å². The van der Waals surface area contributed by atoms with Gasteiger partial charge in [0.15, 0.2) is 0 Å². The molecule has 5 nitrogen and oxygen atoms in total. The molecular formula is C15H13F3N2O3. The molecule has 122 valence electrons. The number of nitrogens with one attached hydrogen (secondary N) is 1. The summed E-state index contributed by atoms with van der Waals surface area (Å²) in [6.45, 7) is 3.00. The Labute approximate surface area is 129 Å². The van der Waals surface area contributed by atoms with Gasteiger partial charge in [-0.25, -0.2) is 9.59 Å². The number of halogens is 3. The molecule has 0 saturated carbocycles. The van der Waals surface area contributed by atoms with Gasteiger partial charge >= 0.3 is 17.8 Å². The van der Waals surface area contributed by atoms with Crippen molar-refractivity contribution in [1.82, 2.24) is 9.97 Å². The highest BCUT2D eigenvalue weighted by Gasteiger charge is 2.35. The first-order valence-corrected chi connectivity index (χ1v) is 6.70. The van der Waals surface area contributed by atoms with Crippen molar-refractivity contribution in [3.8, 4) is 11.3 Å². The van der Waals surface area contributed by atoms with E-state index < -0.39 is 23.4 Å². The summed E-state index contributed by atoms with van der Waals surface area (Å²) in [5, 5.41) is 0. The van der Waals surface area contributed by atoms with Gasteiger partial charge in [-0.15, -0.1) is 0 Å². The lowest BCUT2D eigenvalue weighted by atomic mass is 9.99. The second kappa shape index (κ2) is 6.23. The molecular weight excluding hydrogens is 313 g/mol. The van der Waals surface area contributed by atoms with Crippen molar-refractivity contribution in [1.29, 1.82) is 0 Å². The van der Waals surface area contributed by atoms with E-state index in [0.717, 1.165) is 12.1 Å². The van der Waals surface area contributed by atoms with Crippen LogP contribution in [0.1, 0.15) is 28.5 Å². The second-order valence-electron chi connectivity index (χ2n) is 4.65. The number of aryl methyl sites for hydroxylation is 1. The number of benzene rings is 1. The second-order valence-corrected chi connectivity index (χ2v) is 4.65. The van der Waals surface area contributed by atoms with E-state index in [0.29, 0.717) is 0 Å². The summed E-state index contributed by atoms with van der Waals surface area (Å²) in [4.78, 5) is 29.5. The Bertz CT molecular complexity index is 797. The molecule has 0 fully saturated rings. The number of carbonyl (C=O) groups is 1. The molecule has 1 heterocycles. The average molecular weight is 326 g/mol. The van der Waals surface area contributed by atoms with Crippen LogP contribution in [0.4, 0.5) is 13.2 Å². The summed E-state index contributed by atoms with van der Waals surface area (Å²) in [6, 6.07) is 4.61. The third-order valence-electron chi connectivity index (χ3n) is 3.09. The van der Waals surface area contributed by atoms with Crippen LogP contribution in [0.15, 0.2) is 29.1 Å². The Morgan fingerprint density at radius 2 is 1.96 bits per heavy atom. The maximum atomic E-state index is 13.2. The smallest absolute Gasteiger partial charge is 0.417 e. The van der Waals surface area contributed by atoms with Gasteiger partial charge in [0, 0.05) is 11.3 Å². The van der Waals surface area contributed by atoms with E-state index >= 15 is 0 Å². The lowest BCUT2D eigenvalue weighted by Gasteiger charge is -2.15. The predicted molar refractivity (Wildman–Crippen MR) is 76.0 cm³/mol. The van der Waals surface area contributed by atoms with Gasteiger partial charge in [-0.3, -0.25) is 0 Å². The van der Waals surface area contributed by atoms with Gasteiger partial charge in [-0.05, 0) is 19.9 Å². The Balaban J connectivity index is 2.79. The number of alkyl halides is 3. The molecule has 0 spiro atoms. The van der Waals surface area contributed by atoms with Gasteiger partial charge in [0.1, 0.15) is 5.56 Å². The number of ether oxygens (including phenoxy) is 1. The monoisotopic (exact) mass is 326 g/mol. The van der Waals surface area contributed by atoms with E-state index in [-0.39, 0.29) is 29.1 Å². The van der Waals surface area contributed by atoms with Crippen LogP contribution in [-0.4, -0.2) is 22.5 Å². The van der Waals surface area contributed by atoms with Crippen LogP contribution in [0.2, 0.25) is 0 Å². The summed E-state index contributed by atoms with van der Waals surface area (Å²) >= 11 is 0. The molecule has 0 aliphatic heterocycles. The normalized spacial score (nSPS) is 11.3. The molecule has 0 bridgehead atoms. The van der Waals surface area contributed by atoms with Crippen molar-refractivity contribution in [2.75, 3.05) is 6.61 Å². The minimum absolute atomic E-state index is 0.0394. The standard InChI is InChI=1S/C15H13F3N2O3/c1-3-23-13(21)11-8(2)19-14(22)20-12(11)9-6-4-5-7-10(9)15(16,17)18/h4-7H,3H2,1-2H3,(H,19,20,22). The number of H-pyrrole nitrogens is 1. The summed E-state index contributed by atoms with van der Waals surface area (Å²) < 4.78 is 44.4. The molecule has 2 aromatic rings. The maximum Gasteiger partial charge on any atom is 0.417 e. The van der Waals surface area contributed by atoms with E-state index in [1.807, 2.05) is 0 Å². The first-order chi connectivity index (χ1) is 10.8. The van der Waals surface area contributed by atoms with Crippen molar-refractivity contribution in [2.24, 2.45) is 0 Å². The number of esters is 1. The zero-order valence-electron chi connectivity index (χ0n) is 12.3. The molecule has 8 heteroatoms. The average Bonchev–Trinajstić information content (AvgIpc) is 2.45. The summed E-state index contributed by atoms with van der Waals surface area (Å²) in [6.07, 6.45) is -4.65. The zero-order valence-corrected chi connectivity index (χ0v) is 12.3. The van der Waals surface area contributed by atoms with Crippen LogP contribution < -0.4 is 5.69 Å². The summed E-state index contributed by atoms with van der Waals surface area (Å²) in [5.41, 5.74) is -2.63. The molecule has 0 radical (unpaired) electrons. The Hall–Kier alpha value is -2.64. The lowest BCUT2D eigenvalue weighted by molar-refractivity contribution is -0.137. The third kappa shape index (κ3) is 3.41. The zero-order chi connectivity index (χ0) is 17.2. The highest BCUT2D eigenvalue weighted by Crippen LogP contribution is 2.37. The van der Waals surface area contributed by atoms with Gasteiger partial charge in [-0.1, -0.05) is 18.2 Å². The highest BCUT2D eigenvalue weighted by molar-refractivity contribution is 5.97. The number of nitrogens with zero attached hydrogens (tertiary/aromatic N) is 1. The highest BCUT2D eigenvalue weighted by atomic mass is 19.4. The first kappa shape index (κ1) is 16.7. The number of aromatic amines is 1. The minimum Gasteiger partial charge on any atom is -0.462 e. The summed E-state index contributed by atoms with van der Waals surface area (Å²) in [7, 11) is 0.